The van der Waals surface area contributed by atoms with E-state index in [-0.39, 0.29) is 6.79 Å². The van der Waals surface area contributed by atoms with Gasteiger partial charge in [-0.15, -0.1) is 0 Å². The van der Waals surface area contributed by atoms with Gasteiger partial charge >= 0.3 is 0 Å². The van der Waals surface area contributed by atoms with E-state index in [2.05, 4.69) is 5.32 Å². The highest BCUT2D eigenvalue weighted by molar-refractivity contribution is 7.92. The molecule has 144 valence electrons. The summed E-state index contributed by atoms with van der Waals surface area (Å²) in [5, 5.41) is 2.71. The molecule has 2 aromatic rings. The second-order valence-electron chi connectivity index (χ2n) is 5.99. The second kappa shape index (κ2) is 7.36. The number of carbonyl (C=O) groups is 1. The number of hydrogen-bond donors (Lipinski definition) is 1. The zero-order valence-electron chi connectivity index (χ0n) is 15.1. The van der Waals surface area contributed by atoms with Crippen molar-refractivity contribution in [1.29, 1.82) is 0 Å². The molecule has 8 nitrogen and oxygen atoms in total. The summed E-state index contributed by atoms with van der Waals surface area (Å²) in [6.45, 7) is 1.64. The van der Waals surface area contributed by atoms with Gasteiger partial charge in [0.25, 0.3) is 0 Å². The summed E-state index contributed by atoms with van der Waals surface area (Å²) >= 11 is 0. The third-order valence-electron chi connectivity index (χ3n) is 4.04. The van der Waals surface area contributed by atoms with Crippen LogP contribution in [-0.2, 0) is 14.8 Å². The number of nitrogens with zero attached hydrogens (tertiary/aromatic N) is 1. The molecule has 0 spiro atoms. The molecule has 9 heteroatoms. The van der Waals surface area contributed by atoms with Crippen LogP contribution >= 0.6 is 0 Å². The number of ether oxygens (including phenoxy) is 3. The van der Waals surface area contributed by atoms with E-state index in [1.807, 2.05) is 0 Å². The summed E-state index contributed by atoms with van der Waals surface area (Å²) in [5.74, 6) is 1.12. The Bertz CT molecular complexity index is 960. The molecule has 0 saturated carbocycles. The molecule has 1 aliphatic heterocycles. The summed E-state index contributed by atoms with van der Waals surface area (Å²) in [5.41, 5.74) is 0.820. The van der Waals surface area contributed by atoms with E-state index in [1.54, 1.807) is 42.5 Å². The number of carbonyl (C=O) groups excluding carboxylic acids is 1. The van der Waals surface area contributed by atoms with Gasteiger partial charge in [0.2, 0.25) is 22.7 Å². The standard InChI is InChI=1S/C18H20N2O6S/c1-12(18(21)19-13-7-8-16-17(9-13)26-11-25-16)20(27(3,22)23)14-5-4-6-15(10-14)24-2/h4-10,12H,11H2,1-3H3,(H,19,21). The van der Waals surface area contributed by atoms with Crippen LogP contribution in [0.1, 0.15) is 6.92 Å². The fourth-order valence-corrected chi connectivity index (χ4v) is 3.94. The van der Waals surface area contributed by atoms with Gasteiger partial charge in [-0.05, 0) is 31.2 Å². The molecule has 0 aromatic heterocycles. The maximum absolute atomic E-state index is 12.7. The summed E-state index contributed by atoms with van der Waals surface area (Å²) in [7, 11) is -2.23. The van der Waals surface area contributed by atoms with Crippen LogP contribution in [0, 0.1) is 0 Å². The number of methoxy groups -OCH3 is 1. The van der Waals surface area contributed by atoms with Crippen molar-refractivity contribution in [2.75, 3.05) is 29.8 Å². The first kappa shape index (κ1) is 18.8. The molecular formula is C18H20N2O6S. The summed E-state index contributed by atoms with van der Waals surface area (Å²) < 4.78 is 41.4. The Morgan fingerprint density at radius 1 is 1.19 bits per heavy atom. The Morgan fingerprint density at radius 2 is 1.93 bits per heavy atom. The molecule has 3 rings (SSSR count). The van der Waals surface area contributed by atoms with E-state index in [1.165, 1.54) is 14.0 Å². The van der Waals surface area contributed by atoms with Crippen molar-refractivity contribution in [3.8, 4) is 17.2 Å². The van der Waals surface area contributed by atoms with Crippen molar-refractivity contribution in [2.24, 2.45) is 0 Å². The van der Waals surface area contributed by atoms with Crippen LogP contribution < -0.4 is 23.8 Å². The molecule has 0 radical (unpaired) electrons. The molecule has 2 aromatic carbocycles. The zero-order valence-corrected chi connectivity index (χ0v) is 15.9. The molecule has 0 aliphatic carbocycles. The highest BCUT2D eigenvalue weighted by atomic mass is 32.2. The van der Waals surface area contributed by atoms with Gasteiger partial charge in [0, 0.05) is 17.8 Å². The molecule has 27 heavy (non-hydrogen) atoms. The summed E-state index contributed by atoms with van der Waals surface area (Å²) in [4.78, 5) is 12.7. The Morgan fingerprint density at radius 3 is 2.63 bits per heavy atom. The number of amides is 1. The fourth-order valence-electron chi connectivity index (χ4n) is 2.78. The number of sulfonamides is 1. The summed E-state index contributed by atoms with van der Waals surface area (Å²) in [6.07, 6.45) is 1.05. The van der Waals surface area contributed by atoms with Crippen molar-refractivity contribution in [3.05, 3.63) is 42.5 Å². The van der Waals surface area contributed by atoms with Crippen molar-refractivity contribution >= 4 is 27.3 Å². The van der Waals surface area contributed by atoms with E-state index in [4.69, 9.17) is 14.2 Å². The van der Waals surface area contributed by atoms with Crippen LogP contribution in [0.4, 0.5) is 11.4 Å². The van der Waals surface area contributed by atoms with Crippen LogP contribution in [-0.4, -0.2) is 40.5 Å². The average molecular weight is 392 g/mol. The van der Waals surface area contributed by atoms with E-state index in [9.17, 15) is 13.2 Å². The second-order valence-corrected chi connectivity index (χ2v) is 7.85. The van der Waals surface area contributed by atoms with Gasteiger partial charge in [-0.1, -0.05) is 6.07 Å². The molecule has 0 fully saturated rings. The number of hydrogen-bond acceptors (Lipinski definition) is 6. The first-order valence-electron chi connectivity index (χ1n) is 8.13. The normalized spacial score (nSPS) is 13.7. The molecule has 0 bridgehead atoms. The van der Waals surface area contributed by atoms with Crippen LogP contribution in [0.5, 0.6) is 17.2 Å². The van der Waals surface area contributed by atoms with Gasteiger partial charge in [0.15, 0.2) is 11.5 Å². The Kier molecular flexibility index (Phi) is 5.13. The van der Waals surface area contributed by atoms with Crippen molar-refractivity contribution in [3.63, 3.8) is 0 Å². The van der Waals surface area contributed by atoms with Crippen molar-refractivity contribution in [1.82, 2.24) is 0 Å². The molecule has 1 amide bonds. The monoisotopic (exact) mass is 392 g/mol. The lowest BCUT2D eigenvalue weighted by Gasteiger charge is -2.28. The highest BCUT2D eigenvalue weighted by Gasteiger charge is 2.29. The highest BCUT2D eigenvalue weighted by Crippen LogP contribution is 2.34. The maximum Gasteiger partial charge on any atom is 0.247 e. The lowest BCUT2D eigenvalue weighted by atomic mass is 10.2. The molecule has 1 unspecified atom stereocenters. The minimum absolute atomic E-state index is 0.126. The van der Waals surface area contributed by atoms with Crippen LogP contribution in [0.3, 0.4) is 0 Å². The van der Waals surface area contributed by atoms with Crippen molar-refractivity contribution in [2.45, 2.75) is 13.0 Å². The van der Waals surface area contributed by atoms with Gasteiger partial charge in [-0.3, -0.25) is 9.10 Å². The van der Waals surface area contributed by atoms with Crippen LogP contribution in [0.2, 0.25) is 0 Å². The number of anilines is 2. The van der Waals surface area contributed by atoms with E-state index in [0.717, 1.165) is 10.6 Å². The molecule has 1 N–H and O–H groups in total. The quantitative estimate of drug-likeness (QED) is 0.810. The first-order valence-corrected chi connectivity index (χ1v) is 9.98. The Labute approximate surface area is 157 Å². The lowest BCUT2D eigenvalue weighted by Crippen LogP contribution is -2.45. The predicted octanol–water partition coefficient (Wildman–Crippen LogP) is 2.22. The maximum atomic E-state index is 12.7. The largest absolute Gasteiger partial charge is 0.497 e. The van der Waals surface area contributed by atoms with E-state index < -0.39 is 22.0 Å². The predicted molar refractivity (Wildman–Crippen MR) is 101 cm³/mol. The van der Waals surface area contributed by atoms with Crippen molar-refractivity contribution < 1.29 is 27.4 Å². The SMILES string of the molecule is COc1cccc(N(C(C)C(=O)Nc2ccc3c(c2)OCO3)S(C)(=O)=O)c1. The van der Waals surface area contributed by atoms with Crippen LogP contribution in [0.15, 0.2) is 42.5 Å². The number of benzene rings is 2. The molecule has 1 aliphatic rings. The molecule has 1 atom stereocenters. The third kappa shape index (κ3) is 4.08. The lowest BCUT2D eigenvalue weighted by molar-refractivity contribution is -0.116. The third-order valence-corrected chi connectivity index (χ3v) is 5.28. The Hall–Kier alpha value is -2.94. The minimum atomic E-state index is -3.72. The van der Waals surface area contributed by atoms with Gasteiger partial charge < -0.3 is 19.5 Å². The number of nitrogens with one attached hydrogen (secondary N) is 1. The average Bonchev–Trinajstić information content (AvgIpc) is 3.08. The smallest absolute Gasteiger partial charge is 0.247 e. The molecule has 1 heterocycles. The fraction of sp³-hybridized carbons (Fsp3) is 0.278. The number of rotatable bonds is 6. The molecular weight excluding hydrogens is 372 g/mol. The topological polar surface area (TPSA) is 94.2 Å². The Balaban J connectivity index is 1.85. The van der Waals surface area contributed by atoms with Gasteiger partial charge in [0.05, 0.1) is 19.1 Å². The van der Waals surface area contributed by atoms with E-state index in [0.29, 0.717) is 28.6 Å². The summed E-state index contributed by atoms with van der Waals surface area (Å²) in [6, 6.07) is 10.5. The van der Waals surface area contributed by atoms with Gasteiger partial charge in [-0.25, -0.2) is 8.42 Å². The van der Waals surface area contributed by atoms with Gasteiger partial charge in [0.1, 0.15) is 11.8 Å². The van der Waals surface area contributed by atoms with Gasteiger partial charge in [-0.2, -0.15) is 0 Å². The zero-order chi connectivity index (χ0) is 19.6. The van der Waals surface area contributed by atoms with E-state index >= 15 is 0 Å². The molecule has 0 saturated heterocycles. The number of fused-ring (bicyclic) bond motifs is 1. The van der Waals surface area contributed by atoms with Crippen LogP contribution in [0.25, 0.3) is 0 Å². The first-order chi connectivity index (χ1) is 12.8. The minimum Gasteiger partial charge on any atom is -0.497 e.